The Kier molecular flexibility index (Phi) is 11.3. The fraction of sp³-hybridized carbons (Fsp3) is 0.500. The summed E-state index contributed by atoms with van der Waals surface area (Å²) in [5.74, 6) is -0.857. The zero-order valence-electron chi connectivity index (χ0n) is 23.2. The van der Waals surface area contributed by atoms with Gasteiger partial charge in [-0.05, 0) is 48.9 Å². The largest absolute Gasteiger partial charge is 0.507 e. The first-order chi connectivity index (χ1) is 19.2. The van der Waals surface area contributed by atoms with Crippen LogP contribution < -0.4 is 0 Å². The molecule has 0 radical (unpaired) electrons. The highest BCUT2D eigenvalue weighted by atomic mass is 19.4. The molecule has 0 spiro atoms. The maximum Gasteiger partial charge on any atom is 0.437 e. The zero-order chi connectivity index (χ0) is 31.1. The van der Waals surface area contributed by atoms with Crippen LogP contribution in [0.5, 0.6) is 17.2 Å². The lowest BCUT2D eigenvalue weighted by molar-refractivity contribution is -0.141. The molecule has 13 heteroatoms. The molecule has 0 aliphatic carbocycles. The van der Waals surface area contributed by atoms with E-state index in [0.717, 1.165) is 12.5 Å². The molecule has 0 fully saturated rings. The summed E-state index contributed by atoms with van der Waals surface area (Å²) in [6.45, 7) is 7.38. The van der Waals surface area contributed by atoms with E-state index in [2.05, 4.69) is 10.3 Å². The average Bonchev–Trinajstić information content (AvgIpc) is 3.31. The van der Waals surface area contributed by atoms with Gasteiger partial charge >= 0.3 is 12.4 Å². The van der Waals surface area contributed by atoms with Gasteiger partial charge in [-0.3, -0.25) is 0 Å². The minimum atomic E-state index is -4.91. The van der Waals surface area contributed by atoms with E-state index in [1.807, 2.05) is 20.8 Å². The first kappa shape index (κ1) is 33.6. The van der Waals surface area contributed by atoms with Crippen LogP contribution in [0.15, 0.2) is 21.8 Å². The Bertz CT molecular complexity index is 1360. The number of rotatable bonds is 9. The van der Waals surface area contributed by atoms with E-state index in [-0.39, 0.29) is 34.5 Å². The third kappa shape index (κ3) is 7.56. The number of aromatic nitrogens is 1. The molecule has 0 aliphatic heterocycles. The highest BCUT2D eigenvalue weighted by Crippen LogP contribution is 2.41. The second kappa shape index (κ2) is 13.8. The Hall–Kier alpha value is -3.64. The summed E-state index contributed by atoms with van der Waals surface area (Å²) >= 11 is 0. The molecule has 2 aromatic carbocycles. The predicted octanol–water partition coefficient (Wildman–Crippen LogP) is 8.20. The van der Waals surface area contributed by atoms with Gasteiger partial charge in [0.25, 0.3) is 0 Å². The van der Waals surface area contributed by atoms with Crippen LogP contribution >= 0.6 is 0 Å². The van der Waals surface area contributed by atoms with Gasteiger partial charge in [-0.2, -0.15) is 26.3 Å². The fourth-order valence-corrected chi connectivity index (χ4v) is 4.51. The Morgan fingerprint density at radius 3 is 1.71 bits per heavy atom. The lowest BCUT2D eigenvalue weighted by Gasteiger charge is -2.17. The Morgan fingerprint density at radius 2 is 1.24 bits per heavy atom. The van der Waals surface area contributed by atoms with Gasteiger partial charge in [-0.25, -0.2) is 0 Å². The molecule has 0 saturated carbocycles. The van der Waals surface area contributed by atoms with Gasteiger partial charge in [0.15, 0.2) is 17.0 Å². The van der Waals surface area contributed by atoms with Crippen molar-refractivity contribution in [2.75, 3.05) is 0 Å². The van der Waals surface area contributed by atoms with Crippen molar-refractivity contribution in [3.05, 3.63) is 45.6 Å². The van der Waals surface area contributed by atoms with Crippen LogP contribution in [-0.2, 0) is 31.9 Å². The molecule has 0 atom stereocenters. The van der Waals surface area contributed by atoms with Crippen molar-refractivity contribution < 1.29 is 51.4 Å². The van der Waals surface area contributed by atoms with Gasteiger partial charge in [0.2, 0.25) is 0 Å². The molecule has 1 heterocycles. The molecule has 7 nitrogen and oxygen atoms in total. The van der Waals surface area contributed by atoms with Crippen molar-refractivity contribution in [1.82, 2.24) is 5.16 Å². The van der Waals surface area contributed by atoms with Crippen molar-refractivity contribution in [2.45, 2.75) is 91.4 Å². The number of aromatic hydroxyl groups is 3. The van der Waals surface area contributed by atoms with E-state index in [4.69, 9.17) is 9.73 Å². The first-order valence-corrected chi connectivity index (χ1v) is 13.2. The standard InChI is InChI=1S/C14H18F3NO3.C14H16F3NO2/c1-3-5-8-7-10(13(18-21)14(15,16)17)12(20)9(6-4-2)11(8)19;1-3-5-8-7-10-12(9(6-4-2)11(8)19)20-18-13(10)14(15,16)17/h7,19-21H,3-6H2,1-2H3;7,19H,3-6H2,1-2H3/b18-13+;. The summed E-state index contributed by atoms with van der Waals surface area (Å²) in [7, 11) is 0. The molecule has 0 amide bonds. The number of halogens is 6. The Morgan fingerprint density at radius 1 is 0.756 bits per heavy atom. The number of hydrogen-bond acceptors (Lipinski definition) is 7. The number of benzene rings is 2. The number of alkyl halides is 6. The van der Waals surface area contributed by atoms with Crippen molar-refractivity contribution in [1.29, 1.82) is 0 Å². The average molecular weight is 593 g/mol. The van der Waals surface area contributed by atoms with Crippen LogP contribution in [0.25, 0.3) is 11.0 Å². The fourth-order valence-electron chi connectivity index (χ4n) is 4.51. The SMILES string of the molecule is CCCc1cc(/C(=N\O)C(F)(F)F)c(O)c(CCC)c1O.CCCc1cc2c(C(F)(F)F)noc2c(CCC)c1O. The minimum absolute atomic E-state index is 0.0334. The van der Waals surface area contributed by atoms with Crippen LogP contribution in [0.3, 0.4) is 0 Å². The van der Waals surface area contributed by atoms with E-state index in [1.165, 1.54) is 6.07 Å². The number of nitrogens with zero attached hydrogens (tertiary/aromatic N) is 2. The van der Waals surface area contributed by atoms with Crippen LogP contribution in [-0.4, -0.2) is 37.6 Å². The molecule has 1 aromatic heterocycles. The summed E-state index contributed by atoms with van der Waals surface area (Å²) < 4.78 is 82.1. The van der Waals surface area contributed by atoms with Gasteiger partial charge in [0.1, 0.15) is 17.2 Å². The quantitative estimate of drug-likeness (QED) is 0.0861. The van der Waals surface area contributed by atoms with Crippen LogP contribution in [0.1, 0.15) is 86.9 Å². The summed E-state index contributed by atoms with van der Waals surface area (Å²) in [6.07, 6.45) is -5.35. The van der Waals surface area contributed by atoms with Crippen molar-refractivity contribution in [3.63, 3.8) is 0 Å². The lowest BCUT2D eigenvalue weighted by atomic mass is 9.94. The molecule has 0 unspecified atom stereocenters. The zero-order valence-corrected chi connectivity index (χ0v) is 23.2. The highest BCUT2D eigenvalue weighted by molar-refractivity contribution is 6.07. The number of hydrogen-bond donors (Lipinski definition) is 4. The third-order valence-corrected chi connectivity index (χ3v) is 6.29. The van der Waals surface area contributed by atoms with E-state index in [1.54, 1.807) is 6.92 Å². The molecule has 3 aromatic rings. The Labute approximate surface area is 233 Å². The van der Waals surface area contributed by atoms with Crippen LogP contribution in [0.2, 0.25) is 0 Å². The van der Waals surface area contributed by atoms with E-state index < -0.39 is 35.1 Å². The second-order valence-electron chi connectivity index (χ2n) is 9.47. The van der Waals surface area contributed by atoms with Crippen molar-refractivity contribution in [3.8, 4) is 17.2 Å². The summed E-state index contributed by atoms with van der Waals surface area (Å²) in [6, 6.07) is 2.36. The summed E-state index contributed by atoms with van der Waals surface area (Å²) in [5.41, 5.74) is -1.92. The molecule has 0 saturated heterocycles. The molecule has 228 valence electrons. The molecule has 4 N–H and O–H groups in total. The third-order valence-electron chi connectivity index (χ3n) is 6.29. The van der Waals surface area contributed by atoms with E-state index in [0.29, 0.717) is 55.2 Å². The molecular formula is C28H34F6N2O5. The Balaban J connectivity index is 0.000000287. The monoisotopic (exact) mass is 592 g/mol. The number of oxime groups is 1. The van der Waals surface area contributed by atoms with E-state index >= 15 is 0 Å². The molecular weight excluding hydrogens is 558 g/mol. The first-order valence-electron chi connectivity index (χ1n) is 13.2. The number of aryl methyl sites for hydroxylation is 3. The second-order valence-corrected chi connectivity index (χ2v) is 9.47. The topological polar surface area (TPSA) is 119 Å². The number of phenols is 3. The van der Waals surface area contributed by atoms with Crippen LogP contribution in [0, 0.1) is 0 Å². The van der Waals surface area contributed by atoms with Gasteiger partial charge in [-0.1, -0.05) is 63.7 Å². The minimum Gasteiger partial charge on any atom is -0.507 e. The lowest BCUT2D eigenvalue weighted by Crippen LogP contribution is -2.24. The van der Waals surface area contributed by atoms with Gasteiger partial charge in [0, 0.05) is 11.1 Å². The highest BCUT2D eigenvalue weighted by Gasteiger charge is 2.40. The van der Waals surface area contributed by atoms with Gasteiger partial charge in [-0.15, -0.1) is 0 Å². The maximum absolute atomic E-state index is 12.9. The van der Waals surface area contributed by atoms with Crippen LogP contribution in [0.4, 0.5) is 26.3 Å². The van der Waals surface area contributed by atoms with Crippen molar-refractivity contribution in [2.24, 2.45) is 5.16 Å². The van der Waals surface area contributed by atoms with Gasteiger partial charge < -0.3 is 25.0 Å². The summed E-state index contributed by atoms with van der Waals surface area (Å²) in [4.78, 5) is 0. The normalized spacial score (nSPS) is 12.5. The number of phenolic OH excluding ortho intramolecular Hbond substituents is 3. The van der Waals surface area contributed by atoms with E-state index in [9.17, 15) is 41.7 Å². The number of fused-ring (bicyclic) bond motifs is 1. The molecule has 0 aliphatic rings. The molecule has 3 rings (SSSR count). The summed E-state index contributed by atoms with van der Waals surface area (Å²) in [5, 5.41) is 44.3. The predicted molar refractivity (Wildman–Crippen MR) is 141 cm³/mol. The molecule has 0 bridgehead atoms. The van der Waals surface area contributed by atoms with Gasteiger partial charge in [0.05, 0.1) is 10.9 Å². The smallest absolute Gasteiger partial charge is 0.437 e. The maximum atomic E-state index is 12.9. The molecule has 41 heavy (non-hydrogen) atoms. The van der Waals surface area contributed by atoms with Crippen molar-refractivity contribution >= 4 is 16.7 Å².